The summed E-state index contributed by atoms with van der Waals surface area (Å²) in [5, 5.41) is 10.8. The van der Waals surface area contributed by atoms with E-state index in [1.54, 1.807) is 0 Å². The summed E-state index contributed by atoms with van der Waals surface area (Å²) >= 11 is 0. The van der Waals surface area contributed by atoms with Crippen molar-refractivity contribution in [2.75, 3.05) is 13.1 Å². The fraction of sp³-hybridized carbons (Fsp3) is 0.636. The zero-order valence-corrected chi connectivity index (χ0v) is 23.6. The molecule has 8 rings (SSSR count). The largest absolute Gasteiger partial charge is 0.440 e. The van der Waals surface area contributed by atoms with Crippen molar-refractivity contribution in [3.8, 4) is 0 Å². The molecule has 8 atom stereocenters. The van der Waals surface area contributed by atoms with Gasteiger partial charge in [-0.2, -0.15) is 0 Å². The highest BCUT2D eigenvalue weighted by molar-refractivity contribution is 6.10. The van der Waals surface area contributed by atoms with Crippen LogP contribution < -0.4 is 0 Å². The maximum atomic E-state index is 14.4. The van der Waals surface area contributed by atoms with E-state index in [1.165, 1.54) is 6.07 Å². The van der Waals surface area contributed by atoms with Crippen LogP contribution in [0.2, 0.25) is 0 Å². The first-order valence-corrected chi connectivity index (χ1v) is 15.0. The normalized spacial score (nSPS) is 44.8. The van der Waals surface area contributed by atoms with Gasteiger partial charge in [-0.3, -0.25) is 4.79 Å². The Hall–Kier alpha value is -2.54. The first kappa shape index (κ1) is 26.4. The first-order chi connectivity index (χ1) is 19.0. The number of carbonyl (C=O) groups excluding carboxylic acids is 2. The molecular formula is C33H39F2NO4. The molecule has 1 heterocycles. The molecule has 0 aromatic heterocycles. The standard InChI is InChI=1S/C33H39F2NO4/c1-4-15-36-19-32(40-28(36)39)12-9-26-30(32,3)11-8-25-29(2)10-7-21(37)17-31(29)13-14-33(25,26)22(18-31)27(38)20-5-6-23(34)24(35)16-20/h5-6,13-14,16,18,21,25-26,37H,4,7-12,15,17,19H2,1-3H3/t21-,25+,26+,29+,30-,31-,32+,33+/m0/s1. The SMILES string of the molecule is CCCN1C[C@@]2(CC[C@H]3[C@]45C=C[C@@]6(C=C4C(=O)c4ccc(F)c(F)c4)C[C@@H](O)CC[C@]6(C)[C@H]5CC[C@@]32C)OC1=O. The van der Waals surface area contributed by atoms with Crippen LogP contribution in [0.5, 0.6) is 0 Å². The number of ketones is 1. The molecule has 7 aliphatic rings. The molecule has 1 aromatic carbocycles. The Bertz CT molecular complexity index is 1370. The Morgan fingerprint density at radius 2 is 1.77 bits per heavy atom. The summed E-state index contributed by atoms with van der Waals surface area (Å²) in [5.74, 6) is -2.07. The van der Waals surface area contributed by atoms with Crippen molar-refractivity contribution < 1.29 is 28.2 Å². The minimum Gasteiger partial charge on any atom is -0.440 e. The minimum absolute atomic E-state index is 0.0480. The lowest BCUT2D eigenvalue weighted by atomic mass is 9.32. The number of fused-ring (bicyclic) bond motifs is 2. The van der Waals surface area contributed by atoms with Crippen LogP contribution in [0.15, 0.2) is 42.0 Å². The predicted molar refractivity (Wildman–Crippen MR) is 145 cm³/mol. The van der Waals surface area contributed by atoms with E-state index >= 15 is 0 Å². The Kier molecular flexibility index (Phi) is 5.45. The Morgan fingerprint density at radius 3 is 2.52 bits per heavy atom. The van der Waals surface area contributed by atoms with E-state index in [1.807, 2.05) is 4.90 Å². The molecular weight excluding hydrogens is 512 g/mol. The molecule has 3 saturated carbocycles. The Labute approximate surface area is 234 Å². The van der Waals surface area contributed by atoms with E-state index in [-0.39, 0.29) is 40.1 Å². The van der Waals surface area contributed by atoms with Crippen LogP contribution in [0.1, 0.15) is 82.5 Å². The monoisotopic (exact) mass is 551 g/mol. The van der Waals surface area contributed by atoms with E-state index in [0.29, 0.717) is 25.1 Å². The number of nitrogens with zero attached hydrogens (tertiary/aromatic N) is 1. The highest BCUT2D eigenvalue weighted by Crippen LogP contribution is 2.79. The molecule has 214 valence electrons. The lowest BCUT2D eigenvalue weighted by Crippen LogP contribution is -2.67. The predicted octanol–water partition coefficient (Wildman–Crippen LogP) is 6.61. The number of hydrogen-bond donors (Lipinski definition) is 1. The van der Waals surface area contributed by atoms with Gasteiger partial charge >= 0.3 is 6.09 Å². The van der Waals surface area contributed by atoms with Gasteiger partial charge in [0.25, 0.3) is 0 Å². The molecule has 1 aliphatic heterocycles. The molecule has 0 radical (unpaired) electrons. The van der Waals surface area contributed by atoms with Crippen molar-refractivity contribution >= 4 is 11.9 Å². The van der Waals surface area contributed by atoms with Gasteiger partial charge in [0.15, 0.2) is 17.4 Å². The third-order valence-corrected chi connectivity index (χ3v) is 12.6. The highest BCUT2D eigenvalue weighted by Gasteiger charge is 2.76. The minimum atomic E-state index is -1.03. The molecule has 1 N–H and O–H groups in total. The zero-order valence-electron chi connectivity index (χ0n) is 23.6. The second-order valence-corrected chi connectivity index (χ2v) is 14.0. The number of rotatable bonds is 4. The molecule has 7 heteroatoms. The van der Waals surface area contributed by atoms with Crippen molar-refractivity contribution in [1.29, 1.82) is 0 Å². The van der Waals surface area contributed by atoms with E-state index in [4.69, 9.17) is 4.74 Å². The lowest BCUT2D eigenvalue weighted by Gasteiger charge is -2.71. The second kappa shape index (κ2) is 8.27. The van der Waals surface area contributed by atoms with Gasteiger partial charge in [0, 0.05) is 33.9 Å². The van der Waals surface area contributed by atoms with Gasteiger partial charge in [0.1, 0.15) is 5.60 Å². The van der Waals surface area contributed by atoms with Crippen LogP contribution in [0.4, 0.5) is 13.6 Å². The average molecular weight is 552 g/mol. The van der Waals surface area contributed by atoms with Gasteiger partial charge in [-0.15, -0.1) is 0 Å². The van der Waals surface area contributed by atoms with Gasteiger partial charge in [-0.05, 0) is 86.8 Å². The van der Waals surface area contributed by atoms with Gasteiger partial charge in [-0.25, -0.2) is 13.6 Å². The third-order valence-electron chi connectivity index (χ3n) is 12.6. The molecule has 6 aliphatic carbocycles. The number of halogens is 2. The third kappa shape index (κ3) is 3.00. The summed E-state index contributed by atoms with van der Waals surface area (Å²) in [6.45, 7) is 7.89. The van der Waals surface area contributed by atoms with Crippen LogP contribution in [-0.2, 0) is 4.74 Å². The number of Topliss-reactive ketones (excluding diaryl/α,β-unsaturated/α-hetero) is 1. The maximum Gasteiger partial charge on any atom is 0.410 e. The number of allylic oxidation sites excluding steroid dienone is 4. The number of aliphatic hydroxyl groups excluding tert-OH is 1. The molecule has 40 heavy (non-hydrogen) atoms. The fourth-order valence-corrected chi connectivity index (χ4v) is 10.6. The van der Waals surface area contributed by atoms with Crippen molar-refractivity contribution in [2.45, 2.75) is 83.8 Å². The number of amides is 1. The Morgan fingerprint density at radius 1 is 1.05 bits per heavy atom. The van der Waals surface area contributed by atoms with Gasteiger partial charge < -0.3 is 14.7 Å². The lowest BCUT2D eigenvalue weighted by molar-refractivity contribution is -0.164. The number of benzene rings is 1. The second-order valence-electron chi connectivity index (χ2n) is 14.0. The number of carbonyl (C=O) groups is 2. The van der Waals surface area contributed by atoms with Crippen molar-refractivity contribution in [2.24, 2.45) is 33.5 Å². The zero-order chi connectivity index (χ0) is 28.3. The topological polar surface area (TPSA) is 66.8 Å². The molecule has 2 bridgehead atoms. The van der Waals surface area contributed by atoms with Gasteiger partial charge in [0.2, 0.25) is 0 Å². The van der Waals surface area contributed by atoms with Crippen molar-refractivity contribution in [3.05, 3.63) is 59.2 Å². The summed E-state index contributed by atoms with van der Waals surface area (Å²) in [6.07, 6.45) is 12.3. The van der Waals surface area contributed by atoms with Crippen LogP contribution in [0, 0.1) is 45.1 Å². The van der Waals surface area contributed by atoms with Crippen molar-refractivity contribution in [3.63, 3.8) is 0 Å². The van der Waals surface area contributed by atoms with Crippen LogP contribution in [0.3, 0.4) is 0 Å². The summed E-state index contributed by atoms with van der Waals surface area (Å²) in [6, 6.07) is 3.42. The Balaban J connectivity index is 1.39. The summed E-state index contributed by atoms with van der Waals surface area (Å²) < 4.78 is 34.6. The fourth-order valence-electron chi connectivity index (χ4n) is 10.6. The summed E-state index contributed by atoms with van der Waals surface area (Å²) in [4.78, 5) is 29.2. The number of hydrogen-bond acceptors (Lipinski definition) is 4. The van der Waals surface area contributed by atoms with Crippen molar-refractivity contribution in [1.82, 2.24) is 4.90 Å². The van der Waals surface area contributed by atoms with E-state index in [2.05, 4.69) is 39.0 Å². The smallest absolute Gasteiger partial charge is 0.410 e. The number of aliphatic hydroxyl groups is 1. The number of ether oxygens (including phenoxy) is 1. The summed E-state index contributed by atoms with van der Waals surface area (Å²) in [7, 11) is 0. The van der Waals surface area contributed by atoms with E-state index < -0.39 is 34.2 Å². The van der Waals surface area contributed by atoms with Gasteiger partial charge in [-0.1, -0.05) is 39.0 Å². The first-order valence-electron chi connectivity index (χ1n) is 15.0. The molecule has 5 nitrogen and oxygen atoms in total. The maximum absolute atomic E-state index is 14.4. The molecule has 4 fully saturated rings. The molecule has 1 amide bonds. The highest BCUT2D eigenvalue weighted by atomic mass is 19.2. The molecule has 3 spiro atoms. The average Bonchev–Trinajstić information content (AvgIpc) is 3.40. The van der Waals surface area contributed by atoms with Crippen LogP contribution in [-0.4, -0.2) is 46.7 Å². The summed E-state index contributed by atoms with van der Waals surface area (Å²) in [5.41, 5.74) is -1.37. The molecule has 0 unspecified atom stereocenters. The van der Waals surface area contributed by atoms with Crippen LogP contribution >= 0.6 is 0 Å². The van der Waals surface area contributed by atoms with Crippen LogP contribution in [0.25, 0.3) is 0 Å². The molecule has 1 saturated heterocycles. The molecule has 1 aromatic rings. The quantitative estimate of drug-likeness (QED) is 0.338. The van der Waals surface area contributed by atoms with E-state index in [0.717, 1.165) is 57.1 Å². The van der Waals surface area contributed by atoms with E-state index in [9.17, 15) is 23.5 Å². The van der Waals surface area contributed by atoms with Gasteiger partial charge in [0.05, 0.1) is 12.6 Å².